The van der Waals surface area contributed by atoms with E-state index in [2.05, 4.69) is 106 Å². The van der Waals surface area contributed by atoms with Crippen LogP contribution in [0.15, 0.2) is 336 Å². The number of halogens is 4. The van der Waals surface area contributed by atoms with Gasteiger partial charge in [-0.25, -0.2) is 54.7 Å². The first kappa shape index (κ1) is 103. The van der Waals surface area contributed by atoms with Gasteiger partial charge in [-0.05, 0) is 200 Å². The standard InChI is InChI=1S/2C28H28ClN5O2.C18H21N3O.2C11H14BrN3O.C11H15N3O/c29-23-13-7-8-14-24(23)31-27(36)33-17-15-20(16-18-33)19-34-25(35)28(32-26(34)30,21-9-3-1-4-10-21)22-11-5-2-6-12-22;29-23-11-13-24(14-12-23)31-27(36)33-17-15-20(16-18-33)19-34-25(35)28(32-26(34)30,21-7-3-1-4-8-21)22-9-5-2-6-10-22;1-18(12-21(2)17(19)20-18)15-8-4-6-13(10-15)14-7-5-9-16(11-14)22-3;1-11(7-15(16-2)10(13)14-11)8-4-3-5-9(12)6-8;1-11(7-16-15(2)10(13)14-11)8-4-3-5-9(12)6-8;1-11(9-6-4-3-5-7-9)8-15-14(2)10(12)13-11/h2*1-14,20H,15-19H2,(H2,30,32)(H,31,36);4-11H,12H2,1-3H3,(H2,19,20);2*3-6H,7H2,1-2H3,(H2,13,14);3-7H,8H2,1-2H3,(H2,12,13). The number of anilines is 2. The number of nitrogens with one attached hydrogen (secondary N) is 2. The van der Waals surface area contributed by atoms with E-state index < -0.39 is 16.6 Å². The molecule has 734 valence electrons. The molecule has 4 atom stereocenters. The third-order valence-corrected chi connectivity index (χ3v) is 27.7. The second-order valence-corrected chi connectivity index (χ2v) is 38.8. The zero-order valence-electron chi connectivity index (χ0n) is 80.3. The van der Waals surface area contributed by atoms with E-state index in [-0.39, 0.29) is 64.2 Å². The number of methoxy groups -OCH3 is 1. The smallest absolute Gasteiger partial charge is 0.321 e. The van der Waals surface area contributed by atoms with Crippen LogP contribution in [0.2, 0.25) is 10.0 Å². The lowest BCUT2D eigenvalue weighted by Crippen LogP contribution is -2.48. The molecular formula is C107H120Br2Cl2N22O8. The number of rotatable bonds is 17. The molecule has 2 fully saturated rings. The number of amides is 6. The zero-order valence-corrected chi connectivity index (χ0v) is 85.0. The maximum Gasteiger partial charge on any atom is 0.321 e. The van der Waals surface area contributed by atoms with E-state index in [0.717, 1.165) is 97.0 Å². The predicted octanol–water partition coefficient (Wildman–Crippen LogP) is 17.0. The van der Waals surface area contributed by atoms with Gasteiger partial charge >= 0.3 is 12.1 Å². The summed E-state index contributed by atoms with van der Waals surface area (Å²) in [4.78, 5) is 106. The maximum atomic E-state index is 14.0. The Morgan fingerprint density at radius 3 is 1.18 bits per heavy atom. The molecule has 11 aromatic rings. The number of ether oxygens (including phenoxy) is 1. The number of carbonyl (C=O) groups excluding carboxylic acids is 4. The third kappa shape index (κ3) is 24.2. The van der Waals surface area contributed by atoms with Crippen LogP contribution >= 0.6 is 55.1 Å². The molecular weight excluding hydrogens is 1950 g/mol. The number of aliphatic imine (C=N–C) groups is 6. The number of likely N-dealkylation sites (N-methyl/N-ethyl adjacent to an activating group) is 1. The summed E-state index contributed by atoms with van der Waals surface area (Å²) >= 11 is 19.0. The Bertz CT molecular complexity index is 6310. The van der Waals surface area contributed by atoms with Crippen molar-refractivity contribution in [3.63, 3.8) is 0 Å². The van der Waals surface area contributed by atoms with Gasteiger partial charge in [-0.15, -0.1) is 0 Å². The number of para-hydroxylation sites is 1. The molecule has 8 aliphatic rings. The minimum Gasteiger partial charge on any atom is -0.497 e. The van der Waals surface area contributed by atoms with Gasteiger partial charge < -0.3 is 64.5 Å². The first-order valence-corrected chi connectivity index (χ1v) is 48.7. The van der Waals surface area contributed by atoms with E-state index in [9.17, 15) is 19.2 Å². The molecule has 0 saturated carbocycles. The van der Waals surface area contributed by atoms with Crippen LogP contribution in [0, 0.1) is 11.8 Å². The van der Waals surface area contributed by atoms with E-state index >= 15 is 0 Å². The number of nitrogens with zero attached hydrogens (tertiary/aromatic N) is 14. The van der Waals surface area contributed by atoms with Crippen LogP contribution in [-0.2, 0) is 57.3 Å². The molecule has 11 aromatic carbocycles. The monoisotopic (exact) mass is 2070 g/mol. The van der Waals surface area contributed by atoms with Crippen molar-refractivity contribution >= 4 is 126 Å². The molecule has 0 aliphatic carbocycles. The normalized spacial score (nSPS) is 20.8. The number of likely N-dealkylation sites (tertiary alicyclic amines) is 2. The van der Waals surface area contributed by atoms with E-state index in [1.807, 2.05) is 257 Å². The van der Waals surface area contributed by atoms with Crippen LogP contribution in [0.3, 0.4) is 0 Å². The molecule has 8 heterocycles. The van der Waals surface area contributed by atoms with Crippen molar-refractivity contribution in [3.05, 3.63) is 361 Å². The van der Waals surface area contributed by atoms with Crippen LogP contribution in [0.25, 0.3) is 11.1 Å². The summed E-state index contributed by atoms with van der Waals surface area (Å²) in [7, 11) is 8.75. The van der Waals surface area contributed by atoms with Crippen LogP contribution in [0.1, 0.15) is 97.9 Å². The Kier molecular flexibility index (Phi) is 33.3. The number of hydroxylamine groups is 6. The number of nitrogens with two attached hydrogens (primary N) is 6. The Morgan fingerprint density at radius 2 is 0.773 bits per heavy atom. The van der Waals surface area contributed by atoms with Crippen molar-refractivity contribution in [2.45, 2.75) is 86.6 Å². The van der Waals surface area contributed by atoms with E-state index in [4.69, 9.17) is 86.8 Å². The summed E-state index contributed by atoms with van der Waals surface area (Å²) in [6.45, 7) is 13.9. The quantitative estimate of drug-likeness (QED) is 0.0420. The van der Waals surface area contributed by atoms with Gasteiger partial charge in [-0.1, -0.05) is 273 Å². The lowest BCUT2D eigenvalue weighted by Gasteiger charge is -2.34. The summed E-state index contributed by atoms with van der Waals surface area (Å²) in [6, 6.07) is 94.9. The topological polar surface area (TPSA) is 385 Å². The second kappa shape index (κ2) is 45.6. The van der Waals surface area contributed by atoms with E-state index in [1.54, 1.807) is 89.4 Å². The number of urea groups is 2. The molecule has 6 amide bonds. The molecule has 0 radical (unpaired) electrons. The van der Waals surface area contributed by atoms with Gasteiger partial charge in [0.25, 0.3) is 11.8 Å². The lowest BCUT2D eigenvalue weighted by molar-refractivity contribution is -0.131. The summed E-state index contributed by atoms with van der Waals surface area (Å²) in [5.41, 5.74) is 43.4. The fraction of sp³-hybridized carbons (Fsp3) is 0.290. The van der Waals surface area contributed by atoms with Gasteiger partial charge in [0.1, 0.15) is 41.1 Å². The van der Waals surface area contributed by atoms with Crippen LogP contribution < -0.4 is 49.8 Å². The number of benzene rings is 11. The molecule has 14 N–H and O–H groups in total. The fourth-order valence-corrected chi connectivity index (χ4v) is 19.0. The Morgan fingerprint density at radius 1 is 0.404 bits per heavy atom. The number of hydrogen-bond acceptors (Lipinski definition) is 24. The van der Waals surface area contributed by atoms with Crippen molar-refractivity contribution in [1.82, 2.24) is 39.7 Å². The first-order chi connectivity index (χ1) is 67.6. The molecule has 30 nitrogen and oxygen atoms in total. The van der Waals surface area contributed by atoms with Crippen molar-refractivity contribution < 1.29 is 38.4 Å². The zero-order chi connectivity index (χ0) is 100. The van der Waals surface area contributed by atoms with Crippen molar-refractivity contribution in [2.24, 2.45) is 76.2 Å². The SMILES string of the molecule is CN1OCC(C)(c2cccc(Br)c2)N=C1N.CN1OCC(C)(c2ccccc2)N=C1N.CON1CC(C)(c2cccc(Br)c2)N=C1N.COc1cccc(-c2cccc(C3(C)CN(C)C(N)=N3)c2)c1.NC1=NC(c2ccccc2)(c2ccccc2)C(=O)N1CC1CCN(C(=O)Nc2ccc(Cl)cc2)CC1.NC1=NC(c2ccccc2)(c2ccccc2)C(=O)N1CC1CCN(C(=O)Nc2ccccc2Cl)CC1. The maximum absolute atomic E-state index is 14.0. The molecule has 0 bridgehead atoms. The van der Waals surface area contributed by atoms with Crippen molar-refractivity contribution in [1.29, 1.82) is 0 Å². The third-order valence-electron chi connectivity index (χ3n) is 26.1. The lowest BCUT2D eigenvalue weighted by atomic mass is 9.82. The Labute approximate surface area is 850 Å². The minimum absolute atomic E-state index is 0.138. The molecule has 19 rings (SSSR count). The largest absolute Gasteiger partial charge is 0.497 e. The highest BCUT2D eigenvalue weighted by molar-refractivity contribution is 9.10. The van der Waals surface area contributed by atoms with Gasteiger partial charge in [-0.3, -0.25) is 33.9 Å². The molecule has 4 unspecified atom stereocenters. The minimum atomic E-state index is -1.19. The summed E-state index contributed by atoms with van der Waals surface area (Å²) in [5, 5.41) is 11.5. The van der Waals surface area contributed by atoms with Crippen LogP contribution in [0.5, 0.6) is 5.75 Å². The highest BCUT2D eigenvalue weighted by atomic mass is 79.9. The number of guanidine groups is 6. The number of carbonyl (C=O) groups is 4. The van der Waals surface area contributed by atoms with Crippen molar-refractivity contribution in [3.8, 4) is 16.9 Å². The van der Waals surface area contributed by atoms with Gasteiger partial charge in [-0.2, -0.15) is 0 Å². The van der Waals surface area contributed by atoms with E-state index in [0.29, 0.717) is 104 Å². The average molecular weight is 2070 g/mol. The molecule has 0 spiro atoms. The van der Waals surface area contributed by atoms with Crippen LogP contribution in [0.4, 0.5) is 21.0 Å². The molecule has 141 heavy (non-hydrogen) atoms. The van der Waals surface area contributed by atoms with Gasteiger partial charge in [0.05, 0.1) is 31.5 Å². The summed E-state index contributed by atoms with van der Waals surface area (Å²) in [5.74, 6) is 3.27. The summed E-state index contributed by atoms with van der Waals surface area (Å²) in [6.07, 6.45) is 3.07. The van der Waals surface area contributed by atoms with Gasteiger partial charge in [0, 0.05) is 86.6 Å². The highest BCUT2D eigenvalue weighted by Crippen LogP contribution is 2.44. The molecule has 34 heteroatoms. The van der Waals surface area contributed by atoms with Gasteiger partial charge in [0.2, 0.25) is 17.9 Å². The van der Waals surface area contributed by atoms with Crippen LogP contribution in [-0.4, -0.2) is 200 Å². The van der Waals surface area contributed by atoms with Gasteiger partial charge in [0.15, 0.2) is 29.0 Å². The predicted molar refractivity (Wildman–Crippen MR) is 566 cm³/mol. The average Bonchev–Trinajstić information content (AvgIpc) is 1.58. The Balaban J connectivity index is 0.000000140. The van der Waals surface area contributed by atoms with Crippen molar-refractivity contribution in [2.75, 3.05) is 112 Å². The fourth-order valence-electron chi connectivity index (χ4n) is 17.9. The number of piperidine rings is 2. The number of hydrogen-bond donors (Lipinski definition) is 8. The second-order valence-electron chi connectivity index (χ2n) is 36.2. The summed E-state index contributed by atoms with van der Waals surface area (Å²) < 4.78 is 7.37. The first-order valence-electron chi connectivity index (χ1n) is 46.3. The highest BCUT2D eigenvalue weighted by Gasteiger charge is 2.53. The van der Waals surface area contributed by atoms with E-state index in [1.165, 1.54) is 15.7 Å². The molecule has 8 aliphatic heterocycles. The molecule has 0 aromatic heterocycles. The molecule has 2 saturated heterocycles. The Hall–Kier alpha value is -13.9.